The summed E-state index contributed by atoms with van der Waals surface area (Å²) in [6, 6.07) is -0.437. The van der Waals surface area contributed by atoms with Crippen molar-refractivity contribution in [1.82, 2.24) is 16.0 Å². The van der Waals surface area contributed by atoms with Gasteiger partial charge in [0.1, 0.15) is 6.04 Å². The van der Waals surface area contributed by atoms with Crippen molar-refractivity contribution >= 4 is 24.2 Å². The normalized spacial score (nSPS) is 19.5. The second-order valence-corrected chi connectivity index (χ2v) is 6.84. The Hall–Kier alpha value is -0.810. The lowest BCUT2D eigenvalue weighted by molar-refractivity contribution is -0.130. The minimum absolute atomic E-state index is 0. The van der Waals surface area contributed by atoms with Gasteiger partial charge in [-0.15, -0.1) is 12.4 Å². The van der Waals surface area contributed by atoms with Crippen LogP contribution in [-0.2, 0) is 9.59 Å². The zero-order valence-electron chi connectivity index (χ0n) is 14.3. The van der Waals surface area contributed by atoms with Gasteiger partial charge in [-0.1, -0.05) is 27.7 Å². The van der Waals surface area contributed by atoms with Gasteiger partial charge < -0.3 is 16.0 Å². The van der Waals surface area contributed by atoms with Crippen LogP contribution in [0.3, 0.4) is 0 Å². The van der Waals surface area contributed by atoms with Gasteiger partial charge >= 0.3 is 0 Å². The molecule has 0 aromatic heterocycles. The molecule has 2 unspecified atom stereocenters. The number of nitrogens with one attached hydrogen (secondary N) is 3. The fourth-order valence-corrected chi connectivity index (χ4v) is 2.59. The van der Waals surface area contributed by atoms with Crippen molar-refractivity contribution in [1.29, 1.82) is 0 Å². The van der Waals surface area contributed by atoms with Gasteiger partial charge in [0, 0.05) is 13.0 Å². The summed E-state index contributed by atoms with van der Waals surface area (Å²) in [5.41, 5.74) is 0. The lowest BCUT2D eigenvalue weighted by atomic mass is 9.98. The molecule has 0 spiro atoms. The standard InChI is InChI=1S/C16H31N3O2.ClH/c1-11(2)8-14(20)19-15(12(3)4)16(21)18-10-13-6-5-7-17-9-13;/h11-13,15,17H,5-10H2,1-4H3,(H,18,21)(H,19,20);1H. The van der Waals surface area contributed by atoms with Crippen LogP contribution in [0.15, 0.2) is 0 Å². The Bertz CT molecular complexity index is 342. The average Bonchev–Trinajstić information content (AvgIpc) is 2.42. The molecule has 0 aromatic carbocycles. The van der Waals surface area contributed by atoms with Gasteiger partial charge in [0.25, 0.3) is 0 Å². The van der Waals surface area contributed by atoms with Crippen molar-refractivity contribution in [2.45, 2.75) is 53.0 Å². The second-order valence-electron chi connectivity index (χ2n) is 6.84. The van der Waals surface area contributed by atoms with E-state index in [0.717, 1.165) is 19.5 Å². The number of hydrogen-bond donors (Lipinski definition) is 3. The molecule has 0 aliphatic carbocycles. The first kappa shape index (κ1) is 21.2. The van der Waals surface area contributed by atoms with E-state index in [-0.39, 0.29) is 30.1 Å². The van der Waals surface area contributed by atoms with Gasteiger partial charge in [-0.25, -0.2) is 0 Å². The predicted molar refractivity (Wildman–Crippen MR) is 92.1 cm³/mol. The number of rotatable bonds is 7. The maximum absolute atomic E-state index is 12.3. The summed E-state index contributed by atoms with van der Waals surface area (Å²) in [6.45, 7) is 10.6. The second kappa shape index (κ2) is 10.8. The summed E-state index contributed by atoms with van der Waals surface area (Å²) >= 11 is 0. The number of carbonyl (C=O) groups excluding carboxylic acids is 2. The van der Waals surface area contributed by atoms with Gasteiger partial charge in [0.05, 0.1) is 0 Å². The van der Waals surface area contributed by atoms with Crippen molar-refractivity contribution in [2.24, 2.45) is 17.8 Å². The molecule has 1 fully saturated rings. The maximum Gasteiger partial charge on any atom is 0.242 e. The molecule has 0 radical (unpaired) electrons. The molecule has 0 saturated carbocycles. The van der Waals surface area contributed by atoms with Crippen molar-refractivity contribution in [3.8, 4) is 0 Å². The smallest absolute Gasteiger partial charge is 0.242 e. The largest absolute Gasteiger partial charge is 0.354 e. The molecular weight excluding hydrogens is 302 g/mol. The lowest BCUT2D eigenvalue weighted by Gasteiger charge is -2.26. The van der Waals surface area contributed by atoms with Crippen LogP contribution in [0.25, 0.3) is 0 Å². The number of piperidine rings is 1. The molecule has 0 bridgehead atoms. The Balaban J connectivity index is 0.00000441. The Morgan fingerprint density at radius 1 is 1.23 bits per heavy atom. The van der Waals surface area contributed by atoms with Crippen LogP contribution in [0.4, 0.5) is 0 Å². The van der Waals surface area contributed by atoms with E-state index in [0.29, 0.717) is 24.8 Å². The molecule has 3 N–H and O–H groups in total. The summed E-state index contributed by atoms with van der Waals surface area (Å²) in [6.07, 6.45) is 2.78. The molecule has 1 rings (SSSR count). The van der Waals surface area contributed by atoms with Gasteiger partial charge in [-0.2, -0.15) is 0 Å². The van der Waals surface area contributed by atoms with E-state index in [1.807, 2.05) is 27.7 Å². The third-order valence-corrected chi connectivity index (χ3v) is 3.82. The Morgan fingerprint density at radius 2 is 1.91 bits per heavy atom. The quantitative estimate of drug-likeness (QED) is 0.664. The van der Waals surface area contributed by atoms with Crippen LogP contribution in [0.1, 0.15) is 47.0 Å². The van der Waals surface area contributed by atoms with Gasteiger partial charge in [0.15, 0.2) is 0 Å². The summed E-state index contributed by atoms with van der Waals surface area (Å²) in [7, 11) is 0. The van der Waals surface area contributed by atoms with Crippen LogP contribution in [0, 0.1) is 17.8 Å². The predicted octanol–water partition coefficient (Wildman–Crippen LogP) is 1.71. The van der Waals surface area contributed by atoms with Crippen LogP contribution < -0.4 is 16.0 Å². The van der Waals surface area contributed by atoms with Gasteiger partial charge in [0.2, 0.25) is 11.8 Å². The van der Waals surface area contributed by atoms with Gasteiger partial charge in [-0.05, 0) is 43.7 Å². The molecule has 5 nitrogen and oxygen atoms in total. The van der Waals surface area contributed by atoms with Crippen LogP contribution in [0.5, 0.6) is 0 Å². The van der Waals surface area contributed by atoms with Crippen molar-refractivity contribution in [2.75, 3.05) is 19.6 Å². The molecule has 6 heteroatoms. The fourth-order valence-electron chi connectivity index (χ4n) is 2.59. The Labute approximate surface area is 140 Å². The highest BCUT2D eigenvalue weighted by atomic mass is 35.5. The van der Waals surface area contributed by atoms with Crippen LogP contribution in [0.2, 0.25) is 0 Å². The average molecular weight is 334 g/mol. The third-order valence-electron chi connectivity index (χ3n) is 3.82. The van der Waals surface area contributed by atoms with Crippen molar-refractivity contribution < 1.29 is 9.59 Å². The molecule has 1 aliphatic heterocycles. The highest BCUT2D eigenvalue weighted by Gasteiger charge is 2.25. The summed E-state index contributed by atoms with van der Waals surface area (Å²) < 4.78 is 0. The third kappa shape index (κ3) is 7.99. The Kier molecular flexibility index (Phi) is 10.4. The van der Waals surface area contributed by atoms with E-state index in [9.17, 15) is 9.59 Å². The van der Waals surface area contributed by atoms with E-state index in [1.54, 1.807) is 0 Å². The minimum Gasteiger partial charge on any atom is -0.354 e. The molecule has 0 aromatic rings. The highest BCUT2D eigenvalue weighted by Crippen LogP contribution is 2.09. The highest BCUT2D eigenvalue weighted by molar-refractivity contribution is 5.87. The van der Waals surface area contributed by atoms with Crippen LogP contribution >= 0.6 is 12.4 Å². The summed E-state index contributed by atoms with van der Waals surface area (Å²) in [5.74, 6) is 0.785. The molecule has 130 valence electrons. The molecule has 2 amide bonds. The van der Waals surface area contributed by atoms with Crippen molar-refractivity contribution in [3.05, 3.63) is 0 Å². The number of amides is 2. The monoisotopic (exact) mass is 333 g/mol. The maximum atomic E-state index is 12.3. The van der Waals surface area contributed by atoms with E-state index in [4.69, 9.17) is 0 Å². The zero-order chi connectivity index (χ0) is 15.8. The van der Waals surface area contributed by atoms with E-state index < -0.39 is 6.04 Å². The number of hydrogen-bond acceptors (Lipinski definition) is 3. The Morgan fingerprint density at radius 3 is 2.41 bits per heavy atom. The topological polar surface area (TPSA) is 70.2 Å². The van der Waals surface area contributed by atoms with E-state index in [1.165, 1.54) is 6.42 Å². The first-order valence-corrected chi connectivity index (χ1v) is 8.18. The molecular formula is C16H32ClN3O2. The van der Waals surface area contributed by atoms with E-state index >= 15 is 0 Å². The molecule has 1 saturated heterocycles. The SMILES string of the molecule is CC(C)CC(=O)NC(C(=O)NCC1CCCNC1)C(C)C.Cl. The van der Waals surface area contributed by atoms with Gasteiger partial charge in [-0.3, -0.25) is 9.59 Å². The first-order valence-electron chi connectivity index (χ1n) is 8.18. The zero-order valence-corrected chi connectivity index (χ0v) is 15.1. The summed E-state index contributed by atoms with van der Waals surface area (Å²) in [4.78, 5) is 24.2. The minimum atomic E-state index is -0.437. The lowest BCUT2D eigenvalue weighted by Crippen LogP contribution is -2.51. The molecule has 1 aliphatic rings. The molecule has 2 atom stereocenters. The fraction of sp³-hybridized carbons (Fsp3) is 0.875. The number of carbonyl (C=O) groups is 2. The first-order chi connectivity index (χ1) is 9.90. The number of halogens is 1. The van der Waals surface area contributed by atoms with E-state index in [2.05, 4.69) is 16.0 Å². The summed E-state index contributed by atoms with van der Waals surface area (Å²) in [5, 5.41) is 9.21. The molecule has 22 heavy (non-hydrogen) atoms. The van der Waals surface area contributed by atoms with Crippen LogP contribution in [-0.4, -0.2) is 37.5 Å². The van der Waals surface area contributed by atoms with Crippen molar-refractivity contribution in [3.63, 3.8) is 0 Å². The molecule has 1 heterocycles.